The first-order chi connectivity index (χ1) is 8.22. The average molecular weight is 268 g/mol. The summed E-state index contributed by atoms with van der Waals surface area (Å²) in [5.74, 6) is 4.15. The van der Waals surface area contributed by atoms with E-state index in [1.54, 1.807) is 0 Å². The first kappa shape index (κ1) is 11.7. The Hall–Kier alpha value is -0.340. The maximum Gasteiger partial charge on any atom is 0.0453 e. The van der Waals surface area contributed by atoms with Crippen LogP contribution >= 0.6 is 23.4 Å². The van der Waals surface area contributed by atoms with Crippen LogP contribution in [0, 0.1) is 17.8 Å². The van der Waals surface area contributed by atoms with Gasteiger partial charge in [-0.15, -0.1) is 11.8 Å². The minimum atomic E-state index is 0.787. The van der Waals surface area contributed by atoms with Gasteiger partial charge >= 0.3 is 0 Å². The highest BCUT2D eigenvalue weighted by atomic mass is 35.5. The van der Waals surface area contributed by atoms with E-state index in [1.807, 2.05) is 30.0 Å². The molecule has 92 valence electrons. The van der Waals surface area contributed by atoms with Crippen LogP contribution in [0.4, 0.5) is 5.69 Å². The number of thioether (sulfide) groups is 1. The van der Waals surface area contributed by atoms with E-state index >= 15 is 0 Å². The fraction of sp³-hybridized carbons (Fsp3) is 0.571. The number of hydrogen-bond donors (Lipinski definition) is 1. The van der Waals surface area contributed by atoms with Crippen molar-refractivity contribution in [3.63, 3.8) is 0 Å². The van der Waals surface area contributed by atoms with Crippen molar-refractivity contribution in [2.75, 3.05) is 11.5 Å². The molecule has 3 unspecified atom stereocenters. The van der Waals surface area contributed by atoms with Crippen molar-refractivity contribution in [3.05, 3.63) is 23.2 Å². The fourth-order valence-corrected chi connectivity index (χ4v) is 4.89. The molecule has 0 saturated heterocycles. The van der Waals surface area contributed by atoms with Crippen molar-refractivity contribution in [1.29, 1.82) is 0 Å². The molecule has 0 aliphatic heterocycles. The Morgan fingerprint density at radius 2 is 2.18 bits per heavy atom. The monoisotopic (exact) mass is 267 g/mol. The molecule has 0 amide bonds. The summed E-state index contributed by atoms with van der Waals surface area (Å²) in [4.78, 5) is 1.15. The summed E-state index contributed by atoms with van der Waals surface area (Å²) in [7, 11) is 0. The third-order valence-electron chi connectivity index (χ3n) is 4.31. The van der Waals surface area contributed by atoms with Crippen LogP contribution < -0.4 is 5.73 Å². The van der Waals surface area contributed by atoms with Crippen molar-refractivity contribution in [2.45, 2.75) is 30.6 Å². The molecule has 2 N–H and O–H groups in total. The van der Waals surface area contributed by atoms with Gasteiger partial charge in [-0.05, 0) is 55.2 Å². The van der Waals surface area contributed by atoms with Crippen LogP contribution in [0.1, 0.15) is 25.7 Å². The maximum absolute atomic E-state index is 6.01. The van der Waals surface area contributed by atoms with Gasteiger partial charge in [0.25, 0.3) is 0 Å². The molecule has 0 heterocycles. The van der Waals surface area contributed by atoms with Crippen molar-refractivity contribution in [3.8, 4) is 0 Å². The van der Waals surface area contributed by atoms with E-state index in [2.05, 4.69) is 0 Å². The minimum Gasteiger partial charge on any atom is -0.398 e. The third-order valence-corrected chi connectivity index (χ3v) is 5.81. The van der Waals surface area contributed by atoms with Crippen LogP contribution in [0.2, 0.25) is 5.02 Å². The average Bonchev–Trinajstić information content (AvgIpc) is 2.92. The molecule has 1 nitrogen and oxygen atoms in total. The van der Waals surface area contributed by atoms with Gasteiger partial charge in [0.2, 0.25) is 0 Å². The topological polar surface area (TPSA) is 26.0 Å². The summed E-state index contributed by atoms with van der Waals surface area (Å²) >= 11 is 7.90. The van der Waals surface area contributed by atoms with Crippen LogP contribution in [-0.4, -0.2) is 5.75 Å². The molecule has 2 fully saturated rings. The quantitative estimate of drug-likeness (QED) is 0.647. The molecule has 1 aromatic carbocycles. The van der Waals surface area contributed by atoms with Gasteiger partial charge in [-0.1, -0.05) is 18.0 Å². The van der Waals surface area contributed by atoms with E-state index in [9.17, 15) is 0 Å². The first-order valence-corrected chi connectivity index (χ1v) is 7.76. The smallest absolute Gasteiger partial charge is 0.0453 e. The van der Waals surface area contributed by atoms with Crippen LogP contribution in [-0.2, 0) is 0 Å². The van der Waals surface area contributed by atoms with E-state index in [0.717, 1.165) is 33.4 Å². The summed E-state index contributed by atoms with van der Waals surface area (Å²) in [5.41, 5.74) is 6.83. The number of halogens is 1. The number of benzene rings is 1. The highest BCUT2D eigenvalue weighted by Gasteiger charge is 2.39. The van der Waals surface area contributed by atoms with E-state index in [-0.39, 0.29) is 0 Å². The first-order valence-electron chi connectivity index (χ1n) is 6.40. The zero-order valence-corrected chi connectivity index (χ0v) is 11.4. The number of fused-ring (bicyclic) bond motifs is 2. The van der Waals surface area contributed by atoms with Gasteiger partial charge in [0.1, 0.15) is 0 Å². The SMILES string of the molecule is Nc1ccc(Cl)cc1SCC1CC2CCC1C2. The Morgan fingerprint density at radius 3 is 2.88 bits per heavy atom. The molecule has 3 atom stereocenters. The third kappa shape index (κ3) is 2.43. The van der Waals surface area contributed by atoms with Crippen LogP contribution in [0.25, 0.3) is 0 Å². The molecule has 2 aliphatic carbocycles. The molecule has 0 spiro atoms. The summed E-state index contributed by atoms with van der Waals surface area (Å²) in [5, 5.41) is 0.787. The molecule has 2 bridgehead atoms. The van der Waals surface area contributed by atoms with E-state index in [0.29, 0.717) is 0 Å². The molecule has 2 aliphatic rings. The van der Waals surface area contributed by atoms with Crippen LogP contribution in [0.5, 0.6) is 0 Å². The number of rotatable bonds is 3. The lowest BCUT2D eigenvalue weighted by Crippen LogP contribution is -2.12. The molecular formula is C14H18ClNS. The maximum atomic E-state index is 6.01. The number of nitrogen functional groups attached to an aromatic ring is 1. The molecule has 0 aromatic heterocycles. The zero-order chi connectivity index (χ0) is 11.8. The summed E-state index contributed by atoms with van der Waals surface area (Å²) in [6, 6.07) is 5.76. The lowest BCUT2D eigenvalue weighted by Gasteiger charge is -2.21. The van der Waals surface area contributed by atoms with Gasteiger partial charge in [-0.3, -0.25) is 0 Å². The summed E-state index contributed by atoms with van der Waals surface area (Å²) in [6.07, 6.45) is 5.86. The van der Waals surface area contributed by atoms with Crippen molar-refractivity contribution in [1.82, 2.24) is 0 Å². The Bertz CT molecular complexity index is 421. The summed E-state index contributed by atoms with van der Waals surface area (Å²) < 4.78 is 0. The lowest BCUT2D eigenvalue weighted by molar-refractivity contribution is 0.365. The number of anilines is 1. The van der Waals surface area contributed by atoms with Crippen molar-refractivity contribution < 1.29 is 0 Å². The number of nitrogens with two attached hydrogens (primary N) is 1. The zero-order valence-electron chi connectivity index (χ0n) is 9.86. The van der Waals surface area contributed by atoms with Crippen LogP contribution in [0.3, 0.4) is 0 Å². The Balaban J connectivity index is 1.62. The Kier molecular flexibility index (Phi) is 3.27. The van der Waals surface area contributed by atoms with Gasteiger partial charge in [0.15, 0.2) is 0 Å². The standard InChI is InChI=1S/C14H18ClNS/c15-12-3-4-13(16)14(7-12)17-8-11-6-9-1-2-10(11)5-9/h3-4,7,9-11H,1-2,5-6,8,16H2. The second-order valence-corrected chi connectivity index (χ2v) is 6.93. The fourth-order valence-electron chi connectivity index (χ4n) is 3.41. The normalized spacial score (nSPS) is 31.0. The molecule has 3 rings (SSSR count). The Labute approximate surface area is 112 Å². The minimum absolute atomic E-state index is 0.787. The van der Waals surface area contributed by atoms with Gasteiger partial charge in [0.05, 0.1) is 0 Å². The van der Waals surface area contributed by atoms with Gasteiger partial charge in [-0.25, -0.2) is 0 Å². The largest absolute Gasteiger partial charge is 0.398 e. The van der Waals surface area contributed by atoms with E-state index < -0.39 is 0 Å². The highest BCUT2D eigenvalue weighted by Crippen LogP contribution is 2.50. The van der Waals surface area contributed by atoms with Gasteiger partial charge in [0, 0.05) is 21.4 Å². The highest BCUT2D eigenvalue weighted by molar-refractivity contribution is 7.99. The second kappa shape index (κ2) is 4.74. The molecule has 2 saturated carbocycles. The molecule has 3 heteroatoms. The number of hydrogen-bond acceptors (Lipinski definition) is 2. The summed E-state index contributed by atoms with van der Waals surface area (Å²) in [6.45, 7) is 0. The predicted octanol–water partition coefficient (Wildman–Crippen LogP) is 4.45. The van der Waals surface area contributed by atoms with E-state index in [4.69, 9.17) is 17.3 Å². The van der Waals surface area contributed by atoms with Gasteiger partial charge < -0.3 is 5.73 Å². The van der Waals surface area contributed by atoms with Crippen LogP contribution in [0.15, 0.2) is 23.1 Å². The second-order valence-electron chi connectivity index (χ2n) is 5.43. The van der Waals surface area contributed by atoms with Gasteiger partial charge in [-0.2, -0.15) is 0 Å². The molecule has 1 aromatic rings. The lowest BCUT2D eigenvalue weighted by atomic mass is 9.90. The molecule has 0 radical (unpaired) electrons. The van der Waals surface area contributed by atoms with Crippen molar-refractivity contribution >= 4 is 29.1 Å². The molecule has 17 heavy (non-hydrogen) atoms. The van der Waals surface area contributed by atoms with Crippen molar-refractivity contribution in [2.24, 2.45) is 17.8 Å². The predicted molar refractivity (Wildman–Crippen MR) is 75.5 cm³/mol. The molecular weight excluding hydrogens is 250 g/mol. The van der Waals surface area contributed by atoms with E-state index in [1.165, 1.54) is 31.4 Å². The Morgan fingerprint density at radius 1 is 1.29 bits per heavy atom.